The van der Waals surface area contributed by atoms with Crippen LogP contribution < -0.4 is 5.32 Å². The van der Waals surface area contributed by atoms with Crippen molar-refractivity contribution in [1.82, 2.24) is 0 Å². The second-order valence-corrected chi connectivity index (χ2v) is 5.84. The Kier molecular flexibility index (Phi) is 7.55. The highest BCUT2D eigenvalue weighted by molar-refractivity contribution is 5.94. The molecule has 0 unspecified atom stereocenters. The number of hydrogen-bond acceptors (Lipinski definition) is 3. The van der Waals surface area contributed by atoms with Crippen LogP contribution in [-0.4, -0.2) is 18.5 Å². The van der Waals surface area contributed by atoms with Gasteiger partial charge in [0.1, 0.15) is 5.82 Å². The molecule has 26 heavy (non-hydrogen) atoms. The first kappa shape index (κ1) is 19.4. The first-order valence-electron chi connectivity index (χ1n) is 8.56. The van der Waals surface area contributed by atoms with Gasteiger partial charge in [-0.2, -0.15) is 0 Å². The van der Waals surface area contributed by atoms with Gasteiger partial charge in [-0.05, 0) is 54.3 Å². The molecule has 2 aromatic rings. The lowest BCUT2D eigenvalue weighted by Gasteiger charge is -2.06. The van der Waals surface area contributed by atoms with Crippen LogP contribution in [0, 0.1) is 5.82 Å². The van der Waals surface area contributed by atoms with Crippen LogP contribution in [0.25, 0.3) is 6.08 Å². The number of amides is 1. The first-order chi connectivity index (χ1) is 12.6. The number of unbranched alkanes of at least 4 members (excludes halogenated alkanes) is 1. The molecule has 2 aromatic carbocycles. The van der Waals surface area contributed by atoms with Crippen molar-refractivity contribution in [2.24, 2.45) is 0 Å². The Morgan fingerprint density at radius 1 is 1.08 bits per heavy atom. The van der Waals surface area contributed by atoms with E-state index in [1.54, 1.807) is 0 Å². The van der Waals surface area contributed by atoms with Gasteiger partial charge in [0.2, 0.25) is 0 Å². The SMILES string of the molecule is CCCCc1ccc(NC(=O)COC(=O)C=Cc2ccc(F)cc2)cc1. The van der Waals surface area contributed by atoms with Crippen LogP contribution in [-0.2, 0) is 20.7 Å². The van der Waals surface area contributed by atoms with Gasteiger partial charge < -0.3 is 10.1 Å². The predicted octanol–water partition coefficient (Wildman–Crippen LogP) is 4.36. The fourth-order valence-corrected chi connectivity index (χ4v) is 2.26. The Morgan fingerprint density at radius 2 is 1.77 bits per heavy atom. The third kappa shape index (κ3) is 6.89. The summed E-state index contributed by atoms with van der Waals surface area (Å²) in [5.74, 6) is -1.39. The van der Waals surface area contributed by atoms with Gasteiger partial charge in [-0.3, -0.25) is 4.79 Å². The number of carbonyl (C=O) groups is 2. The average molecular weight is 355 g/mol. The summed E-state index contributed by atoms with van der Waals surface area (Å²) in [6.45, 7) is 1.77. The number of ether oxygens (including phenoxy) is 1. The summed E-state index contributed by atoms with van der Waals surface area (Å²) in [7, 11) is 0. The van der Waals surface area contributed by atoms with Gasteiger partial charge in [0.05, 0.1) is 0 Å². The fraction of sp³-hybridized carbons (Fsp3) is 0.238. The minimum absolute atomic E-state index is 0.347. The summed E-state index contributed by atoms with van der Waals surface area (Å²) in [4.78, 5) is 23.5. The Labute approximate surface area is 152 Å². The molecule has 0 aliphatic heterocycles. The zero-order valence-corrected chi connectivity index (χ0v) is 14.7. The van der Waals surface area contributed by atoms with E-state index in [2.05, 4.69) is 12.2 Å². The van der Waals surface area contributed by atoms with E-state index in [4.69, 9.17) is 4.74 Å². The van der Waals surface area contributed by atoms with Crippen LogP contribution in [0.3, 0.4) is 0 Å². The molecule has 4 nitrogen and oxygen atoms in total. The highest BCUT2D eigenvalue weighted by atomic mass is 19.1. The number of nitrogens with one attached hydrogen (secondary N) is 1. The van der Waals surface area contributed by atoms with Crippen molar-refractivity contribution >= 4 is 23.6 Å². The van der Waals surface area contributed by atoms with Gasteiger partial charge in [-0.1, -0.05) is 37.6 Å². The Morgan fingerprint density at radius 3 is 2.42 bits per heavy atom. The van der Waals surface area contributed by atoms with Crippen molar-refractivity contribution in [2.45, 2.75) is 26.2 Å². The third-order valence-corrected chi connectivity index (χ3v) is 3.68. The second-order valence-electron chi connectivity index (χ2n) is 5.84. The molecule has 0 spiro atoms. The molecule has 0 aliphatic carbocycles. The summed E-state index contributed by atoms with van der Waals surface area (Å²) < 4.78 is 17.7. The Hall–Kier alpha value is -2.95. The zero-order valence-electron chi connectivity index (χ0n) is 14.7. The molecule has 2 rings (SSSR count). The van der Waals surface area contributed by atoms with Gasteiger partial charge in [0.25, 0.3) is 5.91 Å². The number of hydrogen-bond donors (Lipinski definition) is 1. The number of carbonyl (C=O) groups excluding carboxylic acids is 2. The maximum absolute atomic E-state index is 12.8. The molecular formula is C21H22FNO3. The number of benzene rings is 2. The van der Waals surface area contributed by atoms with E-state index in [0.717, 1.165) is 19.3 Å². The lowest BCUT2D eigenvalue weighted by molar-refractivity contribution is -0.142. The van der Waals surface area contributed by atoms with Gasteiger partial charge in [-0.25, -0.2) is 9.18 Å². The van der Waals surface area contributed by atoms with Crippen molar-refractivity contribution in [3.8, 4) is 0 Å². The van der Waals surface area contributed by atoms with Crippen LogP contribution >= 0.6 is 0 Å². The maximum atomic E-state index is 12.8. The van der Waals surface area contributed by atoms with Crippen molar-refractivity contribution in [3.05, 3.63) is 71.6 Å². The van der Waals surface area contributed by atoms with Crippen LogP contribution in [0.1, 0.15) is 30.9 Å². The molecule has 1 N–H and O–H groups in total. The number of rotatable bonds is 8. The molecule has 1 amide bonds. The molecular weight excluding hydrogens is 333 g/mol. The smallest absolute Gasteiger partial charge is 0.331 e. The second kappa shape index (κ2) is 10.1. The van der Waals surface area contributed by atoms with E-state index < -0.39 is 11.9 Å². The van der Waals surface area contributed by atoms with E-state index in [0.29, 0.717) is 11.3 Å². The molecule has 0 fully saturated rings. The monoisotopic (exact) mass is 355 g/mol. The Bertz CT molecular complexity index is 752. The summed E-state index contributed by atoms with van der Waals surface area (Å²) >= 11 is 0. The van der Waals surface area contributed by atoms with Crippen LogP contribution in [0.4, 0.5) is 10.1 Å². The van der Waals surface area contributed by atoms with Crippen molar-refractivity contribution in [3.63, 3.8) is 0 Å². The van der Waals surface area contributed by atoms with Crippen molar-refractivity contribution in [1.29, 1.82) is 0 Å². The van der Waals surface area contributed by atoms with E-state index in [1.807, 2.05) is 24.3 Å². The number of anilines is 1. The number of aryl methyl sites for hydroxylation is 1. The van der Waals surface area contributed by atoms with E-state index in [1.165, 1.54) is 42.0 Å². The standard InChI is InChI=1S/C21H22FNO3/c1-2-3-4-16-7-12-19(13-8-16)23-20(24)15-26-21(25)14-9-17-5-10-18(22)11-6-17/h5-14H,2-4,15H2,1H3,(H,23,24). The maximum Gasteiger partial charge on any atom is 0.331 e. The van der Waals surface area contributed by atoms with Crippen LogP contribution in [0.5, 0.6) is 0 Å². The molecule has 0 saturated heterocycles. The van der Waals surface area contributed by atoms with Gasteiger partial charge in [-0.15, -0.1) is 0 Å². The summed E-state index contributed by atoms with van der Waals surface area (Å²) in [6, 6.07) is 13.3. The quantitative estimate of drug-likeness (QED) is 0.565. The minimum Gasteiger partial charge on any atom is -0.452 e. The zero-order chi connectivity index (χ0) is 18.8. The average Bonchev–Trinajstić information content (AvgIpc) is 2.65. The molecule has 0 saturated carbocycles. The predicted molar refractivity (Wildman–Crippen MR) is 100 cm³/mol. The van der Waals surface area contributed by atoms with E-state index in [9.17, 15) is 14.0 Å². The third-order valence-electron chi connectivity index (χ3n) is 3.68. The van der Waals surface area contributed by atoms with E-state index in [-0.39, 0.29) is 12.4 Å². The molecule has 0 atom stereocenters. The molecule has 0 radical (unpaired) electrons. The van der Waals surface area contributed by atoms with Crippen molar-refractivity contribution < 1.29 is 18.7 Å². The van der Waals surface area contributed by atoms with E-state index >= 15 is 0 Å². The molecule has 5 heteroatoms. The van der Waals surface area contributed by atoms with Crippen molar-refractivity contribution in [2.75, 3.05) is 11.9 Å². The van der Waals surface area contributed by atoms with Crippen LogP contribution in [0.15, 0.2) is 54.6 Å². The normalized spacial score (nSPS) is 10.7. The summed E-state index contributed by atoms with van der Waals surface area (Å²) in [6.07, 6.45) is 5.98. The van der Waals surface area contributed by atoms with Gasteiger partial charge in [0, 0.05) is 11.8 Å². The topological polar surface area (TPSA) is 55.4 Å². The number of halogens is 1. The lowest BCUT2D eigenvalue weighted by Crippen LogP contribution is -2.20. The summed E-state index contributed by atoms with van der Waals surface area (Å²) in [5.41, 5.74) is 2.55. The lowest BCUT2D eigenvalue weighted by atomic mass is 10.1. The molecule has 0 heterocycles. The highest BCUT2D eigenvalue weighted by Gasteiger charge is 2.06. The molecule has 0 aromatic heterocycles. The summed E-state index contributed by atoms with van der Waals surface area (Å²) in [5, 5.41) is 2.68. The number of esters is 1. The fourth-order valence-electron chi connectivity index (χ4n) is 2.26. The minimum atomic E-state index is -0.639. The molecule has 0 bridgehead atoms. The van der Waals surface area contributed by atoms with Gasteiger partial charge >= 0.3 is 5.97 Å². The first-order valence-corrected chi connectivity index (χ1v) is 8.56. The molecule has 0 aliphatic rings. The molecule has 136 valence electrons. The van der Waals surface area contributed by atoms with Gasteiger partial charge in [0.15, 0.2) is 6.61 Å². The highest BCUT2D eigenvalue weighted by Crippen LogP contribution is 2.11. The van der Waals surface area contributed by atoms with Crippen LogP contribution in [0.2, 0.25) is 0 Å². The Balaban J connectivity index is 1.75. The largest absolute Gasteiger partial charge is 0.452 e.